The monoisotopic (exact) mass is 261 g/mol. The van der Waals surface area contributed by atoms with E-state index in [-0.39, 0.29) is 11.6 Å². The second kappa shape index (κ2) is 5.94. The minimum Gasteiger partial charge on any atom is -0.360 e. The number of hydrogen-bond acceptors (Lipinski definition) is 6. The van der Waals surface area contributed by atoms with E-state index in [1.807, 2.05) is 6.92 Å². The number of carbonyl (C=O) groups excluding carboxylic acids is 1. The first-order valence-electron chi connectivity index (χ1n) is 6.00. The first-order valence-corrected chi connectivity index (χ1v) is 6.00. The number of nitrogens with one attached hydrogen (secondary N) is 2. The highest BCUT2D eigenvalue weighted by molar-refractivity contribution is 6.02. The Morgan fingerprint density at radius 2 is 2.32 bits per heavy atom. The van der Waals surface area contributed by atoms with E-state index in [0.717, 1.165) is 13.0 Å². The minimum atomic E-state index is -0.352. The van der Waals surface area contributed by atoms with Crippen molar-refractivity contribution < 1.29 is 9.32 Å². The largest absolute Gasteiger partial charge is 0.360 e. The number of aromatic nitrogens is 3. The van der Waals surface area contributed by atoms with Crippen LogP contribution in [0.2, 0.25) is 0 Å². The predicted molar refractivity (Wildman–Crippen MR) is 70.0 cm³/mol. The second-order valence-electron chi connectivity index (χ2n) is 3.97. The van der Waals surface area contributed by atoms with Crippen molar-refractivity contribution in [3.05, 3.63) is 29.8 Å². The van der Waals surface area contributed by atoms with Crippen LogP contribution in [0.15, 0.2) is 22.9 Å². The van der Waals surface area contributed by atoms with Crippen LogP contribution in [-0.2, 0) is 0 Å². The maximum atomic E-state index is 11.9. The Hall–Kier alpha value is -2.44. The zero-order valence-electron chi connectivity index (χ0n) is 10.8. The molecule has 0 aliphatic heterocycles. The molecule has 100 valence electrons. The number of anilines is 2. The van der Waals surface area contributed by atoms with Gasteiger partial charge < -0.3 is 15.2 Å². The lowest BCUT2D eigenvalue weighted by molar-refractivity contribution is 0.102. The molecule has 0 saturated carbocycles. The Morgan fingerprint density at radius 1 is 1.47 bits per heavy atom. The van der Waals surface area contributed by atoms with Crippen molar-refractivity contribution in [1.82, 2.24) is 15.1 Å². The van der Waals surface area contributed by atoms with Crippen LogP contribution in [-0.4, -0.2) is 27.6 Å². The second-order valence-corrected chi connectivity index (χ2v) is 3.97. The summed E-state index contributed by atoms with van der Waals surface area (Å²) in [6.45, 7) is 4.55. The summed E-state index contributed by atoms with van der Waals surface area (Å²) in [5.41, 5.74) is 0.272. The Kier molecular flexibility index (Phi) is 4.07. The molecule has 19 heavy (non-hydrogen) atoms. The lowest BCUT2D eigenvalue weighted by atomic mass is 10.3. The number of carbonyl (C=O) groups is 1. The molecule has 0 bridgehead atoms. The van der Waals surface area contributed by atoms with Crippen molar-refractivity contribution in [2.45, 2.75) is 20.3 Å². The van der Waals surface area contributed by atoms with Crippen molar-refractivity contribution in [3.8, 4) is 0 Å². The summed E-state index contributed by atoms with van der Waals surface area (Å²) in [7, 11) is 0. The quantitative estimate of drug-likeness (QED) is 0.853. The van der Waals surface area contributed by atoms with E-state index in [2.05, 4.69) is 25.8 Å². The van der Waals surface area contributed by atoms with Gasteiger partial charge in [0.05, 0.1) is 0 Å². The summed E-state index contributed by atoms with van der Waals surface area (Å²) in [5.74, 6) is 1.08. The number of nitrogens with zero attached hydrogens (tertiary/aromatic N) is 3. The van der Waals surface area contributed by atoms with E-state index in [1.54, 1.807) is 19.1 Å². The molecule has 2 N–H and O–H groups in total. The van der Waals surface area contributed by atoms with E-state index >= 15 is 0 Å². The van der Waals surface area contributed by atoms with E-state index in [9.17, 15) is 4.79 Å². The van der Waals surface area contributed by atoms with Crippen molar-refractivity contribution >= 4 is 17.7 Å². The van der Waals surface area contributed by atoms with Gasteiger partial charge in [-0.25, -0.2) is 9.97 Å². The van der Waals surface area contributed by atoms with Gasteiger partial charge in [-0.1, -0.05) is 12.1 Å². The van der Waals surface area contributed by atoms with Crippen molar-refractivity contribution in [2.24, 2.45) is 0 Å². The van der Waals surface area contributed by atoms with Crippen molar-refractivity contribution in [3.63, 3.8) is 0 Å². The smallest absolute Gasteiger partial charge is 0.275 e. The first-order chi connectivity index (χ1) is 9.19. The standard InChI is InChI=1S/C12H15N5O2/c1-3-5-13-12-14-6-4-9(15-12)11(18)16-10-7-8(2)19-17-10/h4,6-7H,3,5H2,1-2H3,(H,13,14,15)(H,16,17,18). The van der Waals surface area contributed by atoms with Gasteiger partial charge >= 0.3 is 0 Å². The molecule has 0 spiro atoms. The predicted octanol–water partition coefficient (Wildman–Crippen LogP) is 1.85. The fraction of sp³-hybridized carbons (Fsp3) is 0.333. The van der Waals surface area contributed by atoms with Crippen LogP contribution in [0.5, 0.6) is 0 Å². The summed E-state index contributed by atoms with van der Waals surface area (Å²) in [6, 6.07) is 3.18. The van der Waals surface area contributed by atoms with Gasteiger partial charge in [-0.2, -0.15) is 0 Å². The van der Waals surface area contributed by atoms with Crippen LogP contribution in [0.25, 0.3) is 0 Å². The molecular weight excluding hydrogens is 246 g/mol. The highest BCUT2D eigenvalue weighted by Gasteiger charge is 2.11. The van der Waals surface area contributed by atoms with E-state index < -0.39 is 0 Å². The highest BCUT2D eigenvalue weighted by Crippen LogP contribution is 2.09. The summed E-state index contributed by atoms with van der Waals surface area (Å²) in [5, 5.41) is 9.31. The van der Waals surface area contributed by atoms with E-state index in [1.165, 1.54) is 6.20 Å². The zero-order valence-corrected chi connectivity index (χ0v) is 10.8. The first kappa shape index (κ1) is 13.0. The average Bonchev–Trinajstić information content (AvgIpc) is 2.82. The summed E-state index contributed by atoms with van der Waals surface area (Å²) >= 11 is 0. The maximum Gasteiger partial charge on any atom is 0.275 e. The Balaban J connectivity index is 2.06. The van der Waals surface area contributed by atoms with Crippen LogP contribution in [0.4, 0.5) is 11.8 Å². The maximum absolute atomic E-state index is 11.9. The molecule has 0 radical (unpaired) electrons. The van der Waals surface area contributed by atoms with E-state index in [0.29, 0.717) is 17.5 Å². The molecular formula is C12H15N5O2. The fourth-order valence-corrected chi connectivity index (χ4v) is 1.41. The van der Waals surface area contributed by atoms with Crippen molar-refractivity contribution in [2.75, 3.05) is 17.2 Å². The topological polar surface area (TPSA) is 92.9 Å². The molecule has 2 aromatic rings. The zero-order chi connectivity index (χ0) is 13.7. The van der Waals surface area contributed by atoms with Gasteiger partial charge in [0.1, 0.15) is 11.5 Å². The van der Waals surface area contributed by atoms with Gasteiger partial charge in [0.2, 0.25) is 5.95 Å². The van der Waals surface area contributed by atoms with Gasteiger partial charge in [0.25, 0.3) is 5.91 Å². The summed E-state index contributed by atoms with van der Waals surface area (Å²) in [6.07, 6.45) is 2.49. The van der Waals surface area contributed by atoms with Gasteiger partial charge in [-0.3, -0.25) is 4.79 Å². The molecule has 0 fully saturated rings. The third-order valence-electron chi connectivity index (χ3n) is 2.29. The van der Waals surface area contributed by atoms with Crippen LogP contribution < -0.4 is 10.6 Å². The molecule has 0 unspecified atom stereocenters. The van der Waals surface area contributed by atoms with Gasteiger partial charge in [-0.05, 0) is 19.4 Å². The van der Waals surface area contributed by atoms with Crippen molar-refractivity contribution in [1.29, 1.82) is 0 Å². The molecule has 2 heterocycles. The molecule has 0 saturated heterocycles. The molecule has 2 aromatic heterocycles. The third-order valence-corrected chi connectivity index (χ3v) is 2.29. The highest BCUT2D eigenvalue weighted by atomic mass is 16.5. The van der Waals surface area contributed by atoms with Crippen LogP contribution >= 0.6 is 0 Å². The molecule has 0 aromatic carbocycles. The molecule has 0 atom stereocenters. The number of hydrogen-bond donors (Lipinski definition) is 2. The Morgan fingerprint density at radius 3 is 3.00 bits per heavy atom. The van der Waals surface area contributed by atoms with Crippen LogP contribution in [0.1, 0.15) is 29.6 Å². The molecule has 0 aliphatic rings. The van der Waals surface area contributed by atoms with Crippen LogP contribution in [0.3, 0.4) is 0 Å². The number of rotatable bonds is 5. The van der Waals surface area contributed by atoms with Gasteiger partial charge in [0, 0.05) is 18.8 Å². The number of amides is 1. The summed E-state index contributed by atoms with van der Waals surface area (Å²) < 4.78 is 4.87. The minimum absolute atomic E-state index is 0.272. The molecule has 2 rings (SSSR count). The third kappa shape index (κ3) is 3.51. The molecule has 1 amide bonds. The fourth-order valence-electron chi connectivity index (χ4n) is 1.41. The Bertz CT molecular complexity index is 567. The SMILES string of the molecule is CCCNc1nccc(C(=O)Nc2cc(C)on2)n1. The van der Waals surface area contributed by atoms with Gasteiger partial charge in [0.15, 0.2) is 5.82 Å². The Labute approximate surface area is 110 Å². The molecule has 7 heteroatoms. The van der Waals surface area contributed by atoms with Crippen LogP contribution in [0, 0.1) is 6.92 Å². The van der Waals surface area contributed by atoms with E-state index in [4.69, 9.17) is 4.52 Å². The molecule has 7 nitrogen and oxygen atoms in total. The number of aryl methyl sites for hydroxylation is 1. The lowest BCUT2D eigenvalue weighted by Gasteiger charge is -2.04. The lowest BCUT2D eigenvalue weighted by Crippen LogP contribution is -2.15. The average molecular weight is 261 g/mol. The normalized spacial score (nSPS) is 10.2. The summed E-state index contributed by atoms with van der Waals surface area (Å²) in [4.78, 5) is 20.1. The van der Waals surface area contributed by atoms with Gasteiger partial charge in [-0.15, -0.1) is 0 Å². The molecule has 0 aliphatic carbocycles.